The van der Waals surface area contributed by atoms with Gasteiger partial charge in [0.1, 0.15) is 23.0 Å². The molecule has 2 aromatic carbocycles. The summed E-state index contributed by atoms with van der Waals surface area (Å²) >= 11 is 0. The molecule has 0 spiro atoms. The average molecular weight is 497 g/mol. The van der Waals surface area contributed by atoms with E-state index in [2.05, 4.69) is 30.7 Å². The van der Waals surface area contributed by atoms with Crippen LogP contribution in [0, 0.1) is 11.6 Å². The summed E-state index contributed by atoms with van der Waals surface area (Å²) in [5, 5.41) is 20.4. The molecule has 0 saturated carbocycles. The third-order valence-corrected chi connectivity index (χ3v) is 5.59. The number of aromatic nitrogens is 7. The Kier molecular flexibility index (Phi) is 6.10. The van der Waals surface area contributed by atoms with Crippen LogP contribution in [0.2, 0.25) is 0 Å². The maximum Gasteiger partial charge on any atom is 0.242 e. The highest BCUT2D eigenvalue weighted by Gasteiger charge is 2.23. The van der Waals surface area contributed by atoms with Crippen LogP contribution in [0.3, 0.4) is 0 Å². The maximum atomic E-state index is 14.8. The van der Waals surface area contributed by atoms with Gasteiger partial charge in [-0.25, -0.2) is 23.0 Å². The van der Waals surface area contributed by atoms with Crippen molar-refractivity contribution < 1.29 is 13.5 Å². The lowest BCUT2D eigenvalue weighted by atomic mass is 10.1. The molecule has 0 atom stereocenters. The van der Waals surface area contributed by atoms with Crippen LogP contribution >= 0.6 is 12.4 Å². The van der Waals surface area contributed by atoms with Gasteiger partial charge in [0.05, 0.1) is 30.4 Å². The predicted molar refractivity (Wildman–Crippen MR) is 125 cm³/mol. The van der Waals surface area contributed by atoms with Gasteiger partial charge < -0.3 is 10.1 Å². The standard InChI is InChI=1S/C23H18F2N8O.ClH/c24-16-7-3-1-5-14(16)21-18-11-27-29-22(15-6-2-4-8-17(15)25)33(18)31-23(21)34-13-19-28-20-12-26-9-10-32(20)30-19;/h1-8,11,26H,9-10,12-13H2;1H. The summed E-state index contributed by atoms with van der Waals surface area (Å²) < 4.78 is 38.7. The van der Waals surface area contributed by atoms with E-state index < -0.39 is 11.6 Å². The smallest absolute Gasteiger partial charge is 0.242 e. The molecular formula is C23H19ClF2N8O. The Labute approximate surface area is 204 Å². The second-order valence-electron chi connectivity index (χ2n) is 7.74. The first-order valence-electron chi connectivity index (χ1n) is 10.7. The van der Waals surface area contributed by atoms with E-state index in [0.29, 0.717) is 23.4 Å². The van der Waals surface area contributed by atoms with E-state index in [-0.39, 0.29) is 41.8 Å². The summed E-state index contributed by atoms with van der Waals surface area (Å²) in [6.45, 7) is 2.20. The first-order chi connectivity index (χ1) is 16.7. The molecule has 0 amide bonds. The Bertz CT molecular complexity index is 1500. The highest BCUT2D eigenvalue weighted by atomic mass is 35.5. The molecule has 0 bridgehead atoms. The molecule has 0 saturated heterocycles. The molecule has 0 unspecified atom stereocenters. The van der Waals surface area contributed by atoms with Crippen LogP contribution in [0.15, 0.2) is 54.7 Å². The number of hydrogen-bond donors (Lipinski definition) is 1. The van der Waals surface area contributed by atoms with Crippen LogP contribution < -0.4 is 10.1 Å². The van der Waals surface area contributed by atoms with E-state index in [1.807, 2.05) is 4.68 Å². The van der Waals surface area contributed by atoms with Crippen LogP contribution in [-0.4, -0.2) is 41.1 Å². The zero-order valence-electron chi connectivity index (χ0n) is 18.2. The normalized spacial score (nSPS) is 12.9. The van der Waals surface area contributed by atoms with Crippen LogP contribution in [0.5, 0.6) is 5.88 Å². The van der Waals surface area contributed by atoms with Gasteiger partial charge in [0.2, 0.25) is 5.88 Å². The van der Waals surface area contributed by atoms with Gasteiger partial charge in [0.15, 0.2) is 18.3 Å². The fourth-order valence-corrected chi connectivity index (χ4v) is 4.02. The molecule has 9 nitrogen and oxygen atoms in total. The lowest BCUT2D eigenvalue weighted by Crippen LogP contribution is -2.28. The number of rotatable bonds is 5. The molecule has 1 aliphatic rings. The van der Waals surface area contributed by atoms with Crippen molar-refractivity contribution in [2.45, 2.75) is 19.7 Å². The van der Waals surface area contributed by atoms with E-state index >= 15 is 0 Å². The van der Waals surface area contributed by atoms with Crippen molar-refractivity contribution in [2.24, 2.45) is 0 Å². The van der Waals surface area contributed by atoms with Crippen molar-refractivity contribution >= 4 is 17.9 Å². The van der Waals surface area contributed by atoms with Crippen molar-refractivity contribution in [3.63, 3.8) is 0 Å². The lowest BCUT2D eigenvalue weighted by Gasteiger charge is -2.11. The number of halogens is 3. The van der Waals surface area contributed by atoms with Crippen LogP contribution in [-0.2, 0) is 19.7 Å². The number of fused-ring (bicyclic) bond motifs is 2. The molecule has 1 aliphatic heterocycles. The molecular weight excluding hydrogens is 478 g/mol. The number of ether oxygens (including phenoxy) is 1. The Morgan fingerprint density at radius 3 is 2.46 bits per heavy atom. The van der Waals surface area contributed by atoms with E-state index in [9.17, 15) is 8.78 Å². The van der Waals surface area contributed by atoms with E-state index in [0.717, 1.165) is 18.9 Å². The third-order valence-electron chi connectivity index (χ3n) is 5.59. The highest BCUT2D eigenvalue weighted by Crippen LogP contribution is 2.37. The Hall–Kier alpha value is -3.96. The molecule has 5 aromatic rings. The topological polar surface area (TPSA) is 95.0 Å². The number of benzene rings is 2. The molecule has 12 heteroatoms. The van der Waals surface area contributed by atoms with Gasteiger partial charge in [0, 0.05) is 12.1 Å². The van der Waals surface area contributed by atoms with Gasteiger partial charge in [-0.1, -0.05) is 30.3 Å². The molecule has 0 fully saturated rings. The minimum absolute atomic E-state index is 0. The second-order valence-corrected chi connectivity index (χ2v) is 7.74. The predicted octanol–water partition coefficient (Wildman–Crippen LogP) is 3.43. The summed E-state index contributed by atoms with van der Waals surface area (Å²) in [5.41, 5.74) is 1.30. The van der Waals surface area contributed by atoms with Gasteiger partial charge in [-0.2, -0.15) is 10.2 Å². The van der Waals surface area contributed by atoms with E-state index in [4.69, 9.17) is 4.74 Å². The van der Waals surface area contributed by atoms with Gasteiger partial charge in [-0.3, -0.25) is 0 Å². The summed E-state index contributed by atoms with van der Waals surface area (Å²) in [5.74, 6) is 0.697. The molecule has 1 N–H and O–H groups in total. The number of nitrogens with zero attached hydrogens (tertiary/aromatic N) is 7. The van der Waals surface area contributed by atoms with Crippen LogP contribution in [0.1, 0.15) is 11.6 Å². The maximum absolute atomic E-state index is 14.8. The first kappa shape index (κ1) is 22.8. The van der Waals surface area contributed by atoms with Crippen molar-refractivity contribution in [1.29, 1.82) is 0 Å². The Morgan fingerprint density at radius 1 is 0.971 bits per heavy atom. The molecule has 6 rings (SSSR count). The molecule has 35 heavy (non-hydrogen) atoms. The first-order valence-corrected chi connectivity index (χ1v) is 10.7. The van der Waals surface area contributed by atoms with Gasteiger partial charge in [-0.15, -0.1) is 22.6 Å². The largest absolute Gasteiger partial charge is 0.468 e. The van der Waals surface area contributed by atoms with E-state index in [1.165, 1.54) is 22.8 Å². The zero-order chi connectivity index (χ0) is 23.1. The van der Waals surface area contributed by atoms with Gasteiger partial charge >= 0.3 is 0 Å². The summed E-state index contributed by atoms with van der Waals surface area (Å²) in [6.07, 6.45) is 1.45. The molecule has 4 heterocycles. The Balaban J connectivity index is 0.00000253. The number of hydrogen-bond acceptors (Lipinski definition) is 7. The summed E-state index contributed by atoms with van der Waals surface area (Å²) in [4.78, 5) is 4.50. The minimum atomic E-state index is -0.476. The minimum Gasteiger partial charge on any atom is -0.468 e. The highest BCUT2D eigenvalue weighted by molar-refractivity contribution is 5.86. The van der Waals surface area contributed by atoms with Crippen molar-refractivity contribution in [1.82, 2.24) is 39.9 Å². The second kappa shape index (κ2) is 9.35. The van der Waals surface area contributed by atoms with Crippen LogP contribution in [0.25, 0.3) is 28.0 Å². The monoisotopic (exact) mass is 496 g/mol. The molecule has 0 radical (unpaired) electrons. The van der Waals surface area contributed by atoms with Crippen molar-refractivity contribution in [3.8, 4) is 28.4 Å². The zero-order valence-corrected chi connectivity index (χ0v) is 19.0. The number of nitrogens with one attached hydrogen (secondary N) is 1. The van der Waals surface area contributed by atoms with Crippen molar-refractivity contribution in [2.75, 3.05) is 6.54 Å². The fraction of sp³-hybridized carbons (Fsp3) is 0.174. The third kappa shape index (κ3) is 4.08. The van der Waals surface area contributed by atoms with Gasteiger partial charge in [-0.05, 0) is 18.2 Å². The van der Waals surface area contributed by atoms with Gasteiger partial charge in [0.25, 0.3) is 0 Å². The average Bonchev–Trinajstić information content (AvgIpc) is 3.44. The lowest BCUT2D eigenvalue weighted by molar-refractivity contribution is 0.283. The molecule has 3 aromatic heterocycles. The van der Waals surface area contributed by atoms with Crippen LogP contribution in [0.4, 0.5) is 8.78 Å². The SMILES string of the molecule is Cl.Fc1ccccc1-c1c(OCc2nc3n(n2)CCNC3)nn2c(-c3ccccc3F)nncc12. The van der Waals surface area contributed by atoms with E-state index in [1.54, 1.807) is 36.4 Å². The van der Waals surface area contributed by atoms with Crippen molar-refractivity contribution in [3.05, 3.63) is 78.0 Å². The quantitative estimate of drug-likeness (QED) is 0.398. The Morgan fingerprint density at radius 2 is 1.71 bits per heavy atom. The summed E-state index contributed by atoms with van der Waals surface area (Å²) in [6, 6.07) is 12.5. The fourth-order valence-electron chi connectivity index (χ4n) is 4.02. The summed E-state index contributed by atoms with van der Waals surface area (Å²) in [7, 11) is 0. The molecule has 0 aliphatic carbocycles. The molecule has 178 valence electrons.